The third kappa shape index (κ3) is 5.06. The van der Waals surface area contributed by atoms with Gasteiger partial charge in [-0.05, 0) is 36.2 Å². The Morgan fingerprint density at radius 3 is 2.41 bits per heavy atom. The summed E-state index contributed by atoms with van der Waals surface area (Å²) in [6.45, 7) is 0.328. The molecule has 0 aliphatic rings. The van der Waals surface area contributed by atoms with Gasteiger partial charge in [0.2, 0.25) is 0 Å². The van der Waals surface area contributed by atoms with Crippen molar-refractivity contribution in [1.82, 2.24) is 0 Å². The number of carbonyl (C=O) groups is 1. The van der Waals surface area contributed by atoms with Crippen molar-refractivity contribution < 1.29 is 19.0 Å². The molecule has 0 aliphatic carbocycles. The van der Waals surface area contributed by atoms with Gasteiger partial charge in [0, 0.05) is 5.02 Å². The molecule has 0 aromatic heterocycles. The van der Waals surface area contributed by atoms with Gasteiger partial charge in [0.15, 0.2) is 0 Å². The number of carbonyl (C=O) groups excluding carboxylic acids is 1. The average molecular weight is 321 g/mol. The van der Waals surface area contributed by atoms with Gasteiger partial charge in [-0.25, -0.2) is 4.79 Å². The first-order chi connectivity index (χ1) is 10.7. The molecule has 2 rings (SSSR count). The van der Waals surface area contributed by atoms with Crippen LogP contribution >= 0.6 is 11.6 Å². The highest BCUT2D eigenvalue weighted by molar-refractivity contribution is 6.30. The van der Waals surface area contributed by atoms with E-state index in [1.807, 2.05) is 42.5 Å². The minimum absolute atomic E-state index is 0.328. The summed E-state index contributed by atoms with van der Waals surface area (Å²) in [6, 6.07) is 16.4. The molecule has 0 saturated heterocycles. The van der Waals surface area contributed by atoms with E-state index in [2.05, 4.69) is 0 Å². The molecule has 0 N–H and O–H groups in total. The van der Waals surface area contributed by atoms with Gasteiger partial charge >= 0.3 is 5.97 Å². The van der Waals surface area contributed by atoms with E-state index in [4.69, 9.17) is 25.8 Å². The molecule has 5 heteroatoms. The van der Waals surface area contributed by atoms with E-state index in [9.17, 15) is 4.79 Å². The van der Waals surface area contributed by atoms with Crippen LogP contribution < -0.4 is 4.74 Å². The third-order valence-corrected chi connectivity index (χ3v) is 3.21. The van der Waals surface area contributed by atoms with E-state index in [0.717, 1.165) is 5.56 Å². The van der Waals surface area contributed by atoms with Gasteiger partial charge in [0.25, 0.3) is 6.29 Å². The van der Waals surface area contributed by atoms with Crippen LogP contribution in [0.1, 0.15) is 5.56 Å². The molecule has 2 aromatic rings. The molecule has 0 spiro atoms. The molecule has 1 atom stereocenters. The molecule has 0 radical (unpaired) electrons. The third-order valence-electron chi connectivity index (χ3n) is 2.95. The largest absolute Gasteiger partial charge is 0.464 e. The zero-order valence-corrected chi connectivity index (χ0v) is 13.0. The Hall–Kier alpha value is -2.04. The van der Waals surface area contributed by atoms with Crippen LogP contribution in [-0.4, -0.2) is 26.0 Å². The quantitative estimate of drug-likeness (QED) is 0.579. The molecule has 1 unspecified atom stereocenters. The van der Waals surface area contributed by atoms with Gasteiger partial charge in [-0.3, -0.25) is 0 Å². The second-order valence-electron chi connectivity index (χ2n) is 4.53. The van der Waals surface area contributed by atoms with Crippen LogP contribution in [0.3, 0.4) is 0 Å². The Morgan fingerprint density at radius 2 is 1.77 bits per heavy atom. The lowest BCUT2D eigenvalue weighted by atomic mass is 10.2. The maximum absolute atomic E-state index is 11.7. The number of benzene rings is 2. The first kappa shape index (κ1) is 16.3. The van der Waals surface area contributed by atoms with E-state index in [1.165, 1.54) is 7.11 Å². The number of halogens is 1. The van der Waals surface area contributed by atoms with Crippen LogP contribution in [-0.2, 0) is 20.7 Å². The summed E-state index contributed by atoms with van der Waals surface area (Å²) in [5.41, 5.74) is 1.06. The Labute approximate surface area is 134 Å². The molecule has 0 saturated carbocycles. The second kappa shape index (κ2) is 8.41. The lowest BCUT2D eigenvalue weighted by Gasteiger charge is -2.17. The predicted octanol–water partition coefficient (Wildman–Crippen LogP) is 3.48. The number of ether oxygens (including phenoxy) is 3. The molecule has 0 aliphatic heterocycles. The highest BCUT2D eigenvalue weighted by Crippen LogP contribution is 2.14. The molecule has 0 amide bonds. The summed E-state index contributed by atoms with van der Waals surface area (Å²) >= 11 is 5.83. The van der Waals surface area contributed by atoms with Gasteiger partial charge in [-0.1, -0.05) is 41.9 Å². The fourth-order valence-corrected chi connectivity index (χ4v) is 1.93. The number of para-hydroxylation sites is 1. The molecule has 0 fully saturated rings. The summed E-state index contributed by atoms with van der Waals surface area (Å²) in [7, 11) is 1.30. The van der Waals surface area contributed by atoms with Crippen LogP contribution in [0, 0.1) is 0 Å². The van der Waals surface area contributed by atoms with Gasteiger partial charge in [-0.15, -0.1) is 0 Å². The van der Waals surface area contributed by atoms with E-state index >= 15 is 0 Å². The van der Waals surface area contributed by atoms with Crippen LogP contribution in [0.5, 0.6) is 5.75 Å². The summed E-state index contributed by atoms with van der Waals surface area (Å²) in [4.78, 5) is 11.7. The van der Waals surface area contributed by atoms with Crippen molar-refractivity contribution in [2.24, 2.45) is 0 Å². The molecule has 2 aromatic carbocycles. The van der Waals surface area contributed by atoms with Crippen LogP contribution in [0.2, 0.25) is 5.02 Å². The zero-order chi connectivity index (χ0) is 15.8. The molecule has 22 heavy (non-hydrogen) atoms. The number of hydrogen-bond acceptors (Lipinski definition) is 4. The molecular formula is C17H17ClO4. The first-order valence-corrected chi connectivity index (χ1v) is 7.22. The normalized spacial score (nSPS) is 11.7. The first-order valence-electron chi connectivity index (χ1n) is 6.84. The Kier molecular flexibility index (Phi) is 6.25. The predicted molar refractivity (Wildman–Crippen MR) is 84.0 cm³/mol. The van der Waals surface area contributed by atoms with Crippen molar-refractivity contribution in [3.8, 4) is 5.75 Å². The molecule has 116 valence electrons. The summed E-state index contributed by atoms with van der Waals surface area (Å²) in [5.74, 6) is -0.0237. The minimum atomic E-state index is -1.08. The topological polar surface area (TPSA) is 44.8 Å². The Bertz CT molecular complexity index is 583. The van der Waals surface area contributed by atoms with Gasteiger partial charge in [0.05, 0.1) is 13.7 Å². The number of hydrogen-bond donors (Lipinski definition) is 0. The Balaban J connectivity index is 1.89. The molecule has 0 bridgehead atoms. The van der Waals surface area contributed by atoms with E-state index < -0.39 is 12.3 Å². The highest BCUT2D eigenvalue weighted by atomic mass is 35.5. The smallest absolute Gasteiger partial charge is 0.376 e. The fourth-order valence-electron chi connectivity index (χ4n) is 1.80. The van der Waals surface area contributed by atoms with E-state index in [0.29, 0.717) is 23.8 Å². The van der Waals surface area contributed by atoms with Crippen LogP contribution in [0.4, 0.5) is 0 Å². The van der Waals surface area contributed by atoms with Gasteiger partial charge in [0.1, 0.15) is 5.75 Å². The van der Waals surface area contributed by atoms with Gasteiger partial charge in [-0.2, -0.15) is 0 Å². The lowest BCUT2D eigenvalue weighted by Crippen LogP contribution is -2.32. The van der Waals surface area contributed by atoms with Crippen LogP contribution in [0.15, 0.2) is 54.6 Å². The second-order valence-corrected chi connectivity index (χ2v) is 4.97. The van der Waals surface area contributed by atoms with Crippen molar-refractivity contribution in [3.63, 3.8) is 0 Å². The molecule has 4 nitrogen and oxygen atoms in total. The van der Waals surface area contributed by atoms with Crippen molar-refractivity contribution in [2.45, 2.75) is 12.7 Å². The standard InChI is InChI=1S/C17H17ClO4/c1-20-16(19)17(22-15-5-3-2-4-6-15)21-12-11-13-7-9-14(18)10-8-13/h2-10,17H,11-12H2,1H3. The summed E-state index contributed by atoms with van der Waals surface area (Å²) in [5, 5.41) is 0.685. The number of methoxy groups -OCH3 is 1. The maximum atomic E-state index is 11.7. The van der Waals surface area contributed by atoms with Crippen molar-refractivity contribution in [3.05, 3.63) is 65.2 Å². The van der Waals surface area contributed by atoms with E-state index in [-0.39, 0.29) is 0 Å². The molecule has 0 heterocycles. The number of rotatable bonds is 7. The molecular weight excluding hydrogens is 304 g/mol. The van der Waals surface area contributed by atoms with Gasteiger partial charge < -0.3 is 14.2 Å². The maximum Gasteiger partial charge on any atom is 0.376 e. The summed E-state index contributed by atoms with van der Waals surface area (Å²) in [6.07, 6.45) is -0.442. The lowest BCUT2D eigenvalue weighted by molar-refractivity contribution is -0.174. The zero-order valence-electron chi connectivity index (χ0n) is 12.2. The van der Waals surface area contributed by atoms with Crippen molar-refractivity contribution >= 4 is 17.6 Å². The summed E-state index contributed by atoms with van der Waals surface area (Å²) < 4.78 is 15.7. The SMILES string of the molecule is COC(=O)C(OCCc1ccc(Cl)cc1)Oc1ccccc1. The number of esters is 1. The minimum Gasteiger partial charge on any atom is -0.464 e. The Morgan fingerprint density at radius 1 is 1.09 bits per heavy atom. The highest BCUT2D eigenvalue weighted by Gasteiger charge is 2.21. The van der Waals surface area contributed by atoms with Crippen molar-refractivity contribution in [2.75, 3.05) is 13.7 Å². The van der Waals surface area contributed by atoms with Crippen molar-refractivity contribution in [1.29, 1.82) is 0 Å². The van der Waals surface area contributed by atoms with E-state index in [1.54, 1.807) is 12.1 Å². The monoisotopic (exact) mass is 320 g/mol. The fraction of sp³-hybridized carbons (Fsp3) is 0.235. The van der Waals surface area contributed by atoms with Crippen LogP contribution in [0.25, 0.3) is 0 Å². The average Bonchev–Trinajstić information content (AvgIpc) is 2.56.